The Morgan fingerprint density at radius 2 is 1.70 bits per heavy atom. The zero-order valence-corrected chi connectivity index (χ0v) is 16.0. The summed E-state index contributed by atoms with van der Waals surface area (Å²) in [5.74, 6) is -1.24. The Labute approximate surface area is 169 Å². The van der Waals surface area contributed by atoms with Gasteiger partial charge in [-0.1, -0.05) is 12.1 Å². The van der Waals surface area contributed by atoms with Crippen LogP contribution in [0.25, 0.3) is 0 Å². The zero-order chi connectivity index (χ0) is 21.5. The lowest BCUT2D eigenvalue weighted by atomic mass is 10.1. The molecule has 0 unspecified atom stereocenters. The molecule has 0 spiro atoms. The summed E-state index contributed by atoms with van der Waals surface area (Å²) in [5.41, 5.74) is -0.417. The standard InChI is InChI=1S/C20H20F4N4O2/c21-16-17(13-1-2-13)25-26-18(16)19(30)28-9-7-27(8-10-28)11-15(29)12-3-5-14(6-4-12)20(22,23)24/h3-6,13H,1-2,7-11H2,(H,25,26). The second-order valence-corrected chi connectivity index (χ2v) is 7.64. The predicted octanol–water partition coefficient (Wildman–Crippen LogP) is 3.09. The molecule has 1 aromatic heterocycles. The van der Waals surface area contributed by atoms with E-state index in [9.17, 15) is 27.2 Å². The maximum absolute atomic E-state index is 14.4. The number of amides is 1. The molecule has 2 heterocycles. The van der Waals surface area contributed by atoms with Crippen molar-refractivity contribution in [3.8, 4) is 0 Å². The third kappa shape index (κ3) is 4.23. The quantitative estimate of drug-likeness (QED) is 0.592. The van der Waals surface area contributed by atoms with Gasteiger partial charge in [-0.05, 0) is 25.0 Å². The van der Waals surface area contributed by atoms with Gasteiger partial charge >= 0.3 is 6.18 Å². The molecule has 1 N–H and O–H groups in total. The lowest BCUT2D eigenvalue weighted by Crippen LogP contribution is -2.50. The van der Waals surface area contributed by atoms with Crippen molar-refractivity contribution in [2.45, 2.75) is 24.9 Å². The van der Waals surface area contributed by atoms with Gasteiger partial charge in [0.05, 0.1) is 17.8 Å². The van der Waals surface area contributed by atoms with Gasteiger partial charge < -0.3 is 4.90 Å². The fraction of sp³-hybridized carbons (Fsp3) is 0.450. The van der Waals surface area contributed by atoms with E-state index in [0.717, 1.165) is 25.0 Å². The summed E-state index contributed by atoms with van der Waals surface area (Å²) >= 11 is 0. The summed E-state index contributed by atoms with van der Waals surface area (Å²) in [5, 5.41) is 6.47. The van der Waals surface area contributed by atoms with Crippen LogP contribution in [-0.4, -0.2) is 64.4 Å². The molecule has 1 aromatic carbocycles. The Kier molecular flexibility index (Phi) is 5.35. The number of carbonyl (C=O) groups excluding carboxylic acids is 2. The molecule has 30 heavy (non-hydrogen) atoms. The molecule has 10 heteroatoms. The number of piperazine rings is 1. The van der Waals surface area contributed by atoms with E-state index in [-0.39, 0.29) is 29.5 Å². The molecule has 6 nitrogen and oxygen atoms in total. The molecule has 1 saturated carbocycles. The molecule has 1 saturated heterocycles. The number of carbonyl (C=O) groups is 2. The van der Waals surface area contributed by atoms with Gasteiger partial charge in [0.1, 0.15) is 0 Å². The second-order valence-electron chi connectivity index (χ2n) is 7.64. The number of nitrogens with one attached hydrogen (secondary N) is 1. The normalized spacial score (nSPS) is 17.9. The largest absolute Gasteiger partial charge is 0.416 e. The first kappa shape index (κ1) is 20.5. The number of alkyl halides is 3. The van der Waals surface area contributed by atoms with Crippen LogP contribution >= 0.6 is 0 Å². The minimum Gasteiger partial charge on any atom is -0.335 e. The number of aromatic amines is 1. The fourth-order valence-corrected chi connectivity index (χ4v) is 3.52. The van der Waals surface area contributed by atoms with Gasteiger partial charge in [-0.2, -0.15) is 18.3 Å². The minimum atomic E-state index is -4.45. The molecular formula is C20H20F4N4O2. The Morgan fingerprint density at radius 1 is 1.07 bits per heavy atom. The van der Waals surface area contributed by atoms with E-state index in [1.165, 1.54) is 17.0 Å². The monoisotopic (exact) mass is 424 g/mol. The van der Waals surface area contributed by atoms with E-state index < -0.39 is 23.5 Å². The molecule has 4 rings (SSSR count). The van der Waals surface area contributed by atoms with Crippen molar-refractivity contribution in [1.29, 1.82) is 0 Å². The molecule has 2 aliphatic rings. The van der Waals surface area contributed by atoms with Crippen molar-refractivity contribution in [3.63, 3.8) is 0 Å². The molecule has 1 aliphatic heterocycles. The lowest BCUT2D eigenvalue weighted by Gasteiger charge is -2.34. The fourth-order valence-electron chi connectivity index (χ4n) is 3.52. The van der Waals surface area contributed by atoms with E-state index >= 15 is 0 Å². The van der Waals surface area contributed by atoms with Gasteiger partial charge in [0, 0.05) is 37.7 Å². The molecule has 0 atom stereocenters. The first-order chi connectivity index (χ1) is 14.2. The molecule has 0 bridgehead atoms. The number of ketones is 1. The Morgan fingerprint density at radius 3 is 2.27 bits per heavy atom. The van der Waals surface area contributed by atoms with Crippen LogP contribution in [0, 0.1) is 5.82 Å². The van der Waals surface area contributed by atoms with E-state index in [1.54, 1.807) is 0 Å². The highest BCUT2D eigenvalue weighted by Gasteiger charge is 2.34. The van der Waals surface area contributed by atoms with Gasteiger partial charge in [0.15, 0.2) is 17.3 Å². The van der Waals surface area contributed by atoms with E-state index in [0.29, 0.717) is 31.9 Å². The number of benzene rings is 1. The number of nitrogens with zero attached hydrogens (tertiary/aromatic N) is 3. The van der Waals surface area contributed by atoms with Crippen LogP contribution in [0.3, 0.4) is 0 Å². The summed E-state index contributed by atoms with van der Waals surface area (Å²) in [7, 11) is 0. The highest BCUT2D eigenvalue weighted by atomic mass is 19.4. The van der Waals surface area contributed by atoms with E-state index in [1.807, 2.05) is 4.90 Å². The second kappa shape index (κ2) is 7.82. The van der Waals surface area contributed by atoms with Crippen LogP contribution in [0.15, 0.2) is 24.3 Å². The predicted molar refractivity (Wildman–Crippen MR) is 98.6 cm³/mol. The van der Waals surface area contributed by atoms with Crippen molar-refractivity contribution < 1.29 is 27.2 Å². The molecule has 1 amide bonds. The number of halogens is 4. The minimum absolute atomic E-state index is 0.0377. The Balaban J connectivity index is 1.31. The number of Topliss-reactive ketones (excluding diaryl/α,β-unsaturated/α-hetero) is 1. The molecule has 2 fully saturated rings. The number of aromatic nitrogens is 2. The smallest absolute Gasteiger partial charge is 0.335 e. The van der Waals surface area contributed by atoms with Crippen molar-refractivity contribution in [3.05, 3.63) is 52.6 Å². The lowest BCUT2D eigenvalue weighted by molar-refractivity contribution is -0.137. The highest BCUT2D eigenvalue weighted by molar-refractivity contribution is 5.97. The van der Waals surface area contributed by atoms with Crippen LogP contribution in [0.5, 0.6) is 0 Å². The topological polar surface area (TPSA) is 69.3 Å². The molecular weight excluding hydrogens is 404 g/mol. The maximum Gasteiger partial charge on any atom is 0.416 e. The first-order valence-electron chi connectivity index (χ1n) is 9.70. The molecule has 2 aromatic rings. The SMILES string of the molecule is O=C(CN1CCN(C(=O)c2n[nH]c(C3CC3)c2F)CC1)c1ccc(C(F)(F)F)cc1. The number of rotatable bonds is 5. The number of H-pyrrole nitrogens is 1. The average molecular weight is 424 g/mol. The van der Waals surface area contributed by atoms with Crippen LogP contribution in [0.4, 0.5) is 17.6 Å². The van der Waals surface area contributed by atoms with Gasteiger partial charge in [-0.25, -0.2) is 4.39 Å². The molecule has 0 radical (unpaired) electrons. The Hall–Kier alpha value is -2.75. The van der Waals surface area contributed by atoms with Gasteiger partial charge in [-0.3, -0.25) is 19.6 Å². The summed E-state index contributed by atoms with van der Waals surface area (Å²) in [6.45, 7) is 1.46. The van der Waals surface area contributed by atoms with Crippen molar-refractivity contribution in [1.82, 2.24) is 20.0 Å². The van der Waals surface area contributed by atoms with E-state index in [4.69, 9.17) is 0 Å². The van der Waals surface area contributed by atoms with Gasteiger partial charge in [0.25, 0.3) is 5.91 Å². The maximum atomic E-state index is 14.4. The summed E-state index contributed by atoms with van der Waals surface area (Å²) in [4.78, 5) is 28.2. The summed E-state index contributed by atoms with van der Waals surface area (Å²) in [6, 6.07) is 4.11. The van der Waals surface area contributed by atoms with Crippen LogP contribution in [0.1, 0.15) is 50.9 Å². The van der Waals surface area contributed by atoms with E-state index in [2.05, 4.69) is 10.2 Å². The van der Waals surface area contributed by atoms with Crippen molar-refractivity contribution >= 4 is 11.7 Å². The first-order valence-corrected chi connectivity index (χ1v) is 9.70. The third-order valence-corrected chi connectivity index (χ3v) is 5.48. The summed E-state index contributed by atoms with van der Waals surface area (Å²) in [6.07, 6.45) is -2.67. The van der Waals surface area contributed by atoms with Crippen LogP contribution < -0.4 is 0 Å². The van der Waals surface area contributed by atoms with Crippen LogP contribution in [-0.2, 0) is 6.18 Å². The third-order valence-electron chi connectivity index (χ3n) is 5.48. The number of hydrogen-bond donors (Lipinski definition) is 1. The average Bonchev–Trinajstić information content (AvgIpc) is 3.49. The Bertz CT molecular complexity index is 943. The van der Waals surface area contributed by atoms with Crippen molar-refractivity contribution in [2.75, 3.05) is 32.7 Å². The van der Waals surface area contributed by atoms with Crippen LogP contribution in [0.2, 0.25) is 0 Å². The molecule has 160 valence electrons. The van der Waals surface area contributed by atoms with Gasteiger partial charge in [0.2, 0.25) is 0 Å². The number of hydrogen-bond acceptors (Lipinski definition) is 4. The zero-order valence-electron chi connectivity index (χ0n) is 16.0. The molecule has 1 aliphatic carbocycles. The highest BCUT2D eigenvalue weighted by Crippen LogP contribution is 2.40. The summed E-state index contributed by atoms with van der Waals surface area (Å²) < 4.78 is 52.3. The van der Waals surface area contributed by atoms with Gasteiger partial charge in [-0.15, -0.1) is 0 Å². The van der Waals surface area contributed by atoms with Crippen molar-refractivity contribution in [2.24, 2.45) is 0 Å².